The molecule has 2 nitrogen and oxygen atoms in total. The van der Waals surface area contributed by atoms with Gasteiger partial charge in [0.15, 0.2) is 0 Å². The lowest BCUT2D eigenvalue weighted by Crippen LogP contribution is -2.53. The van der Waals surface area contributed by atoms with Gasteiger partial charge in [0.05, 0.1) is 13.2 Å². The highest BCUT2D eigenvalue weighted by Gasteiger charge is 2.75. The maximum Gasteiger partial charge on any atom is 0.430 e. The van der Waals surface area contributed by atoms with Gasteiger partial charge >= 0.3 is 12.4 Å². The number of benzene rings is 1. The molecule has 0 atom stereocenters. The van der Waals surface area contributed by atoms with E-state index in [1.165, 1.54) is 0 Å². The molecule has 124 valence electrons. The fraction of sp³-hybridized carbons (Fsp3) is 0.571. The Morgan fingerprint density at radius 1 is 1.09 bits per heavy atom. The largest absolute Gasteiger partial charge is 0.494 e. The van der Waals surface area contributed by atoms with E-state index in [0.29, 0.717) is 5.56 Å². The van der Waals surface area contributed by atoms with Gasteiger partial charge < -0.3 is 9.47 Å². The third-order valence-corrected chi connectivity index (χ3v) is 3.65. The van der Waals surface area contributed by atoms with Crippen molar-refractivity contribution >= 4 is 0 Å². The number of halogens is 6. The highest BCUT2D eigenvalue weighted by Crippen LogP contribution is 2.58. The van der Waals surface area contributed by atoms with Crippen LogP contribution in [-0.2, 0) is 23.4 Å². The van der Waals surface area contributed by atoms with Crippen LogP contribution in [0.15, 0.2) is 12.1 Å². The number of hydrogen-bond acceptors (Lipinski definition) is 2. The van der Waals surface area contributed by atoms with Gasteiger partial charge in [-0.2, -0.15) is 26.3 Å². The van der Waals surface area contributed by atoms with Crippen molar-refractivity contribution in [3.05, 3.63) is 28.8 Å². The van der Waals surface area contributed by atoms with Crippen LogP contribution in [0.1, 0.15) is 30.5 Å². The van der Waals surface area contributed by atoms with Gasteiger partial charge in [-0.1, -0.05) is 13.0 Å². The van der Waals surface area contributed by atoms with E-state index in [1.54, 1.807) is 13.8 Å². The van der Waals surface area contributed by atoms with Crippen LogP contribution in [0.3, 0.4) is 0 Å². The van der Waals surface area contributed by atoms with Gasteiger partial charge in [0.25, 0.3) is 5.60 Å². The Morgan fingerprint density at radius 2 is 1.68 bits per heavy atom. The van der Waals surface area contributed by atoms with Gasteiger partial charge in [-0.05, 0) is 30.5 Å². The van der Waals surface area contributed by atoms with E-state index >= 15 is 0 Å². The molecular formula is C14H14F6O2. The summed E-state index contributed by atoms with van der Waals surface area (Å²) in [6.07, 6.45) is -11.0. The van der Waals surface area contributed by atoms with E-state index in [-0.39, 0.29) is 24.3 Å². The molecule has 0 N–H and O–H groups in total. The van der Waals surface area contributed by atoms with Gasteiger partial charge in [0.1, 0.15) is 5.75 Å². The molecule has 0 spiro atoms. The van der Waals surface area contributed by atoms with Crippen molar-refractivity contribution in [3.8, 4) is 5.75 Å². The van der Waals surface area contributed by atoms with Crippen LogP contribution in [0, 0.1) is 0 Å². The first-order valence-electron chi connectivity index (χ1n) is 6.65. The fourth-order valence-corrected chi connectivity index (χ4v) is 2.73. The summed E-state index contributed by atoms with van der Waals surface area (Å²) in [6.45, 7) is 2.83. The topological polar surface area (TPSA) is 18.5 Å². The minimum atomic E-state index is -5.60. The second-order valence-electron chi connectivity index (χ2n) is 4.82. The molecule has 0 radical (unpaired) electrons. The maximum atomic E-state index is 13.2. The van der Waals surface area contributed by atoms with Crippen LogP contribution in [0.2, 0.25) is 0 Å². The number of fused-ring (bicyclic) bond motifs is 1. The summed E-state index contributed by atoms with van der Waals surface area (Å²) in [7, 11) is 0. The zero-order valence-electron chi connectivity index (χ0n) is 11.9. The minimum absolute atomic E-state index is 0.0944. The van der Waals surface area contributed by atoms with E-state index in [0.717, 1.165) is 12.1 Å². The molecule has 1 aliphatic heterocycles. The Labute approximate surface area is 123 Å². The SMILES string of the molecule is CCOc1ccc2c(c1CC)COC2(C(F)(F)F)C(F)(F)F. The van der Waals surface area contributed by atoms with Gasteiger partial charge in [0, 0.05) is 5.56 Å². The van der Waals surface area contributed by atoms with Crippen molar-refractivity contribution in [2.45, 2.75) is 44.8 Å². The van der Waals surface area contributed by atoms with Crippen molar-refractivity contribution in [1.29, 1.82) is 0 Å². The van der Waals surface area contributed by atoms with E-state index in [9.17, 15) is 26.3 Å². The molecule has 1 aromatic carbocycles. The smallest absolute Gasteiger partial charge is 0.430 e. The normalized spacial score (nSPS) is 17.5. The van der Waals surface area contributed by atoms with Gasteiger partial charge in [-0.15, -0.1) is 0 Å². The Balaban J connectivity index is 2.71. The first-order chi connectivity index (χ1) is 10.1. The molecule has 0 saturated heterocycles. The Morgan fingerprint density at radius 3 is 2.14 bits per heavy atom. The average Bonchev–Trinajstić information content (AvgIpc) is 2.78. The maximum absolute atomic E-state index is 13.2. The molecule has 0 aliphatic carbocycles. The lowest BCUT2D eigenvalue weighted by atomic mass is 9.88. The van der Waals surface area contributed by atoms with Crippen molar-refractivity contribution in [1.82, 2.24) is 0 Å². The van der Waals surface area contributed by atoms with Gasteiger partial charge in [-0.3, -0.25) is 0 Å². The first kappa shape index (κ1) is 16.9. The zero-order valence-corrected chi connectivity index (χ0v) is 11.9. The van der Waals surface area contributed by atoms with Crippen molar-refractivity contribution in [3.63, 3.8) is 0 Å². The Hall–Kier alpha value is -1.44. The summed E-state index contributed by atoms with van der Waals surface area (Å²) >= 11 is 0. The number of rotatable bonds is 3. The van der Waals surface area contributed by atoms with Crippen LogP contribution in [0.5, 0.6) is 5.75 Å². The third-order valence-electron chi connectivity index (χ3n) is 3.65. The molecule has 1 aromatic rings. The second kappa shape index (κ2) is 5.33. The lowest BCUT2D eigenvalue weighted by Gasteiger charge is -2.33. The Kier molecular flexibility index (Phi) is 4.10. The molecule has 0 aromatic heterocycles. The summed E-state index contributed by atoms with van der Waals surface area (Å²) in [4.78, 5) is 0. The minimum Gasteiger partial charge on any atom is -0.494 e. The van der Waals surface area contributed by atoms with Crippen molar-refractivity contribution in [2.24, 2.45) is 0 Å². The fourth-order valence-electron chi connectivity index (χ4n) is 2.73. The van der Waals surface area contributed by atoms with Crippen LogP contribution in [-0.4, -0.2) is 19.0 Å². The molecule has 2 rings (SSSR count). The third kappa shape index (κ3) is 2.24. The average molecular weight is 328 g/mol. The molecule has 0 unspecified atom stereocenters. The first-order valence-corrected chi connectivity index (χ1v) is 6.65. The van der Waals surface area contributed by atoms with Crippen LogP contribution in [0.25, 0.3) is 0 Å². The molecule has 0 amide bonds. The summed E-state index contributed by atoms with van der Waals surface area (Å²) in [5.74, 6) is 0.285. The van der Waals surface area contributed by atoms with Gasteiger partial charge in [-0.25, -0.2) is 0 Å². The molecule has 8 heteroatoms. The molecular weight excluding hydrogens is 314 g/mol. The quantitative estimate of drug-likeness (QED) is 0.761. The number of alkyl halides is 6. The highest BCUT2D eigenvalue weighted by atomic mass is 19.4. The van der Waals surface area contributed by atoms with E-state index in [4.69, 9.17) is 4.74 Å². The van der Waals surface area contributed by atoms with Crippen LogP contribution >= 0.6 is 0 Å². The van der Waals surface area contributed by atoms with Gasteiger partial charge in [0.2, 0.25) is 0 Å². The summed E-state index contributed by atoms with van der Waals surface area (Å²) < 4.78 is 88.8. The zero-order chi connectivity index (χ0) is 16.8. The lowest BCUT2D eigenvalue weighted by molar-refractivity contribution is -0.385. The van der Waals surface area contributed by atoms with E-state index in [1.807, 2.05) is 0 Å². The molecule has 0 saturated carbocycles. The number of hydrogen-bond donors (Lipinski definition) is 0. The predicted molar refractivity (Wildman–Crippen MR) is 65.6 cm³/mol. The molecule has 0 bridgehead atoms. The van der Waals surface area contributed by atoms with E-state index < -0.39 is 30.1 Å². The molecule has 0 fully saturated rings. The molecule has 1 aliphatic rings. The number of ether oxygens (including phenoxy) is 2. The molecule has 1 heterocycles. The monoisotopic (exact) mass is 328 g/mol. The summed E-state index contributed by atoms with van der Waals surface area (Å²) in [5.41, 5.74) is -4.95. The van der Waals surface area contributed by atoms with Crippen molar-refractivity contribution < 1.29 is 35.8 Å². The van der Waals surface area contributed by atoms with Crippen LogP contribution in [0.4, 0.5) is 26.3 Å². The summed E-state index contributed by atoms with van der Waals surface area (Å²) in [6, 6.07) is 1.94. The summed E-state index contributed by atoms with van der Waals surface area (Å²) in [5, 5.41) is 0. The predicted octanol–water partition coefficient (Wildman–Crippen LogP) is 4.50. The standard InChI is InChI=1S/C14H14F6O2/c1-3-8-9-7-22-12(13(15,16)17,14(18,19)20)10(9)5-6-11(8)21-4-2/h5-6H,3-4,7H2,1-2H3. The van der Waals surface area contributed by atoms with E-state index in [2.05, 4.69) is 4.74 Å². The van der Waals surface area contributed by atoms with Crippen molar-refractivity contribution in [2.75, 3.05) is 6.61 Å². The Bertz CT molecular complexity index is 548. The molecule has 22 heavy (non-hydrogen) atoms. The van der Waals surface area contributed by atoms with Crippen LogP contribution < -0.4 is 4.74 Å². The highest BCUT2D eigenvalue weighted by molar-refractivity contribution is 5.50. The second-order valence-corrected chi connectivity index (χ2v) is 4.82.